The minimum absolute atomic E-state index is 1.12. The van der Waals surface area contributed by atoms with Crippen molar-refractivity contribution < 1.29 is 4.48 Å². The lowest BCUT2D eigenvalue weighted by Crippen LogP contribution is -2.35. The number of hydrogen-bond acceptors (Lipinski definition) is 2. The van der Waals surface area contributed by atoms with Crippen LogP contribution in [0.25, 0.3) is 0 Å². The van der Waals surface area contributed by atoms with Crippen LogP contribution >= 0.6 is 0 Å². The quantitative estimate of drug-likeness (QED) is 0.196. The molecule has 0 radical (unpaired) electrons. The summed E-state index contributed by atoms with van der Waals surface area (Å²) in [5, 5.41) is 8.47. The molecule has 21 heavy (non-hydrogen) atoms. The highest BCUT2D eigenvalue weighted by Crippen LogP contribution is 2.12. The lowest BCUT2D eigenvalue weighted by atomic mass is 10.1. The van der Waals surface area contributed by atoms with Gasteiger partial charge in [0.05, 0.1) is 27.7 Å². The van der Waals surface area contributed by atoms with Crippen molar-refractivity contribution in [1.82, 2.24) is 0 Å². The van der Waals surface area contributed by atoms with Crippen molar-refractivity contribution in [1.29, 1.82) is 5.26 Å². The second-order valence-corrected chi connectivity index (χ2v) is 7.18. The van der Waals surface area contributed by atoms with Gasteiger partial charge in [0.15, 0.2) is 0 Å². The molecule has 0 aromatic heterocycles. The Labute approximate surface area is 139 Å². The van der Waals surface area contributed by atoms with Crippen molar-refractivity contribution in [2.75, 3.05) is 27.7 Å². The Morgan fingerprint density at radius 1 is 0.714 bits per heavy atom. The van der Waals surface area contributed by atoms with Gasteiger partial charge in [0.25, 0.3) is 0 Å². The molecule has 0 saturated carbocycles. The van der Waals surface area contributed by atoms with E-state index in [1.54, 1.807) is 0 Å². The zero-order valence-electron chi connectivity index (χ0n) is 15.0. The molecule has 0 spiro atoms. The van der Waals surface area contributed by atoms with Crippen LogP contribution in [-0.4, -0.2) is 32.2 Å². The molecule has 0 heterocycles. The van der Waals surface area contributed by atoms with Gasteiger partial charge in [-0.3, -0.25) is 0 Å². The Morgan fingerprint density at radius 2 is 1.00 bits per heavy atom. The van der Waals surface area contributed by atoms with Crippen LogP contribution in [0.3, 0.4) is 0 Å². The molecule has 0 unspecified atom stereocenters. The second-order valence-electron chi connectivity index (χ2n) is 6.99. The molecule has 0 saturated heterocycles. The van der Waals surface area contributed by atoms with E-state index in [9.17, 15) is 0 Å². The molecular weight excluding hydrogens is 276 g/mol. The molecule has 0 rings (SSSR count). The largest absolute Gasteiger partial charge is 0.696 e. The molecule has 0 fully saturated rings. The number of quaternary nitrogens is 1. The maximum absolute atomic E-state index is 7.13. The molecule has 3 heteroatoms. The van der Waals surface area contributed by atoms with Crippen LogP contribution in [-0.2, 0) is 12.6 Å². The molecule has 0 atom stereocenters. The summed E-state index contributed by atoms with van der Waals surface area (Å²) in [6, 6.07) is 0. The second kappa shape index (κ2) is 17.7. The fourth-order valence-corrected chi connectivity index (χ4v) is 2.43. The van der Waals surface area contributed by atoms with Crippen LogP contribution in [0.15, 0.2) is 0 Å². The van der Waals surface area contributed by atoms with E-state index in [0.29, 0.717) is 0 Å². The van der Waals surface area contributed by atoms with E-state index < -0.39 is 0 Å². The van der Waals surface area contributed by atoms with Gasteiger partial charge in [-0.05, 0) is 12.8 Å². The molecule has 0 aliphatic heterocycles. The Bertz CT molecular complexity index is 228. The van der Waals surface area contributed by atoms with Crippen molar-refractivity contribution in [3.8, 4) is 5.40 Å². The van der Waals surface area contributed by atoms with Gasteiger partial charge in [-0.25, -0.2) is 5.26 Å². The average molecular weight is 315 g/mol. The lowest BCUT2D eigenvalue weighted by Gasteiger charge is -2.23. The predicted molar refractivity (Wildman–Crippen MR) is 97.0 cm³/mol. The standard InChI is InChI=1S/C17H38N.CHNS/c1-5-6-7-8-9-10-11-12-13-14-15-16-17-18(2,3)4;2-1-3/h5-17H2,1-4H3;3H/q+1;/p-1. The summed E-state index contributed by atoms with van der Waals surface area (Å²) in [5.41, 5.74) is 0. The van der Waals surface area contributed by atoms with Crippen molar-refractivity contribution in [3.63, 3.8) is 0 Å². The van der Waals surface area contributed by atoms with Crippen LogP contribution in [0, 0.1) is 10.7 Å². The minimum Gasteiger partial charge on any atom is -0.696 e. The number of nitriles is 1. The predicted octanol–water partition coefficient (Wildman–Crippen LogP) is 5.41. The van der Waals surface area contributed by atoms with E-state index in [2.05, 4.69) is 40.7 Å². The maximum atomic E-state index is 7.13. The average Bonchev–Trinajstić information content (AvgIpc) is 2.40. The highest BCUT2D eigenvalue weighted by Gasteiger charge is 2.04. The van der Waals surface area contributed by atoms with Crippen molar-refractivity contribution in [2.45, 2.75) is 84.0 Å². The van der Waals surface area contributed by atoms with Crippen molar-refractivity contribution >= 4 is 12.6 Å². The van der Waals surface area contributed by atoms with Gasteiger partial charge in [-0.2, -0.15) is 0 Å². The van der Waals surface area contributed by atoms with Crippen LogP contribution in [0.4, 0.5) is 0 Å². The molecule has 0 aromatic rings. The topological polar surface area (TPSA) is 23.8 Å². The first-order valence-electron chi connectivity index (χ1n) is 8.79. The SMILES string of the molecule is CCCCCCCCCCCCCC[N+](C)(C)C.N#C[S-]. The van der Waals surface area contributed by atoms with Gasteiger partial charge in [0.1, 0.15) is 0 Å². The number of nitrogens with zero attached hydrogens (tertiary/aromatic N) is 2. The molecular formula is C18H38N2S. The Morgan fingerprint density at radius 3 is 1.29 bits per heavy atom. The van der Waals surface area contributed by atoms with Gasteiger partial charge < -0.3 is 17.1 Å². The normalized spacial score (nSPS) is 10.6. The van der Waals surface area contributed by atoms with E-state index in [1.165, 1.54) is 89.0 Å². The maximum Gasteiger partial charge on any atom is 0.0780 e. The zero-order chi connectivity index (χ0) is 16.4. The fourth-order valence-electron chi connectivity index (χ4n) is 2.43. The Hall–Kier alpha value is -0.330. The summed E-state index contributed by atoms with van der Waals surface area (Å²) < 4.78 is 1.12. The van der Waals surface area contributed by atoms with E-state index in [1.807, 2.05) is 0 Å². The highest BCUT2D eigenvalue weighted by atomic mass is 32.1. The Balaban J connectivity index is 0. The molecule has 2 nitrogen and oxygen atoms in total. The first-order chi connectivity index (χ1) is 9.97. The number of thiocyanates is 1. The third-order valence-electron chi connectivity index (χ3n) is 3.68. The van der Waals surface area contributed by atoms with Gasteiger partial charge in [0, 0.05) is 0 Å². The van der Waals surface area contributed by atoms with Crippen LogP contribution in [0.2, 0.25) is 0 Å². The minimum atomic E-state index is 1.12. The fraction of sp³-hybridized carbons (Fsp3) is 0.944. The third-order valence-corrected chi connectivity index (χ3v) is 3.68. The van der Waals surface area contributed by atoms with E-state index in [-0.39, 0.29) is 0 Å². The Kier molecular flexibility index (Phi) is 19.4. The lowest BCUT2D eigenvalue weighted by molar-refractivity contribution is -0.870. The number of hydrogen-bond donors (Lipinski definition) is 0. The molecule has 0 bridgehead atoms. The van der Waals surface area contributed by atoms with Crippen molar-refractivity contribution in [2.24, 2.45) is 0 Å². The molecule has 0 aliphatic rings. The van der Waals surface area contributed by atoms with Crippen LogP contribution < -0.4 is 0 Å². The first kappa shape index (κ1) is 22.9. The monoisotopic (exact) mass is 314 g/mol. The van der Waals surface area contributed by atoms with E-state index >= 15 is 0 Å². The van der Waals surface area contributed by atoms with Gasteiger partial charge in [-0.1, -0.05) is 76.5 Å². The summed E-state index contributed by atoms with van der Waals surface area (Å²) in [4.78, 5) is 0. The van der Waals surface area contributed by atoms with Gasteiger partial charge in [-0.15, -0.1) is 0 Å². The first-order valence-corrected chi connectivity index (χ1v) is 9.20. The molecule has 126 valence electrons. The molecule has 0 N–H and O–H groups in total. The molecule has 0 aromatic carbocycles. The molecule has 0 amide bonds. The van der Waals surface area contributed by atoms with Gasteiger partial charge in [0.2, 0.25) is 0 Å². The zero-order valence-corrected chi connectivity index (χ0v) is 15.8. The smallest absolute Gasteiger partial charge is 0.0780 e. The van der Waals surface area contributed by atoms with E-state index in [4.69, 9.17) is 5.26 Å². The summed E-state index contributed by atoms with van der Waals surface area (Å²) >= 11 is 3.70. The summed E-state index contributed by atoms with van der Waals surface area (Å²) in [6.45, 7) is 3.62. The van der Waals surface area contributed by atoms with E-state index in [0.717, 1.165) is 4.48 Å². The van der Waals surface area contributed by atoms with Crippen molar-refractivity contribution in [3.05, 3.63) is 0 Å². The molecule has 0 aliphatic carbocycles. The summed E-state index contributed by atoms with van der Waals surface area (Å²) in [5.74, 6) is 0. The highest BCUT2D eigenvalue weighted by molar-refractivity contribution is 7.64. The van der Waals surface area contributed by atoms with Crippen LogP contribution in [0.1, 0.15) is 84.0 Å². The van der Waals surface area contributed by atoms with Crippen LogP contribution in [0.5, 0.6) is 0 Å². The number of unbranched alkanes of at least 4 members (excludes halogenated alkanes) is 11. The summed E-state index contributed by atoms with van der Waals surface area (Å²) in [7, 11) is 6.87. The number of rotatable bonds is 13. The van der Waals surface area contributed by atoms with Gasteiger partial charge >= 0.3 is 0 Å². The summed E-state index contributed by atoms with van der Waals surface area (Å²) in [6.07, 6.45) is 17.4. The third kappa shape index (κ3) is 28.5.